The van der Waals surface area contributed by atoms with E-state index in [1.165, 1.54) is 12.1 Å². The van der Waals surface area contributed by atoms with Gasteiger partial charge in [0.25, 0.3) is 0 Å². The van der Waals surface area contributed by atoms with Crippen molar-refractivity contribution in [1.82, 2.24) is 10.6 Å². The van der Waals surface area contributed by atoms with Crippen LogP contribution in [0.5, 0.6) is 0 Å². The van der Waals surface area contributed by atoms with Gasteiger partial charge in [0.1, 0.15) is 12.0 Å². The first-order valence-corrected chi connectivity index (χ1v) is 9.74. The fourth-order valence-corrected chi connectivity index (χ4v) is 3.11. The molecular formula is C23H28FN5O. The number of aliphatic hydroxyl groups is 1. The predicted octanol–water partition coefficient (Wildman–Crippen LogP) is 2.65. The highest BCUT2D eigenvalue weighted by Gasteiger charge is 2.31. The zero-order valence-corrected chi connectivity index (χ0v) is 17.1. The van der Waals surface area contributed by atoms with Gasteiger partial charge in [-0.25, -0.2) is 9.40 Å². The Kier molecular flexibility index (Phi) is 6.54. The van der Waals surface area contributed by atoms with Crippen LogP contribution >= 0.6 is 0 Å². The van der Waals surface area contributed by atoms with Crippen LogP contribution in [0.15, 0.2) is 78.6 Å². The molecule has 7 heteroatoms. The Labute approximate surface area is 176 Å². The lowest BCUT2D eigenvalue weighted by Gasteiger charge is -2.29. The van der Waals surface area contributed by atoms with Crippen molar-refractivity contribution in [1.29, 1.82) is 0 Å². The fraction of sp³-hybridized carbons (Fsp3) is 0.261. The molecule has 1 aliphatic rings. The lowest BCUT2D eigenvalue weighted by Crippen LogP contribution is -2.48. The molecule has 5 N–H and O–H groups in total. The number of anilines is 1. The quantitative estimate of drug-likeness (QED) is 0.512. The average Bonchev–Trinajstić information content (AvgIpc) is 3.13. The third-order valence-electron chi connectivity index (χ3n) is 5.00. The first-order chi connectivity index (χ1) is 14.3. The van der Waals surface area contributed by atoms with Gasteiger partial charge in [0.15, 0.2) is 0 Å². The maximum atomic E-state index is 13.2. The number of rotatable bonds is 9. The Morgan fingerprint density at radius 3 is 2.43 bits per heavy atom. The second-order valence-electron chi connectivity index (χ2n) is 7.68. The summed E-state index contributed by atoms with van der Waals surface area (Å²) in [5, 5.41) is 23.0. The summed E-state index contributed by atoms with van der Waals surface area (Å²) >= 11 is 0. The van der Waals surface area contributed by atoms with Crippen molar-refractivity contribution in [2.24, 2.45) is 16.8 Å². The van der Waals surface area contributed by atoms with Gasteiger partial charge in [-0.15, -0.1) is 0 Å². The molecule has 2 aromatic rings. The van der Waals surface area contributed by atoms with Gasteiger partial charge in [-0.2, -0.15) is 5.10 Å². The first-order valence-electron chi connectivity index (χ1n) is 9.74. The van der Waals surface area contributed by atoms with Crippen LogP contribution in [0, 0.1) is 11.7 Å². The second-order valence-corrected chi connectivity index (χ2v) is 7.68. The maximum absolute atomic E-state index is 13.2. The largest absolute Gasteiger partial charge is 0.386 e. The Morgan fingerprint density at radius 2 is 1.77 bits per heavy atom. The summed E-state index contributed by atoms with van der Waals surface area (Å²) in [5.74, 6) is -0.568. The highest BCUT2D eigenvalue weighted by atomic mass is 19.1. The molecule has 0 fully saturated rings. The van der Waals surface area contributed by atoms with Crippen LogP contribution in [0.2, 0.25) is 0 Å². The van der Waals surface area contributed by atoms with Gasteiger partial charge in [0.05, 0.1) is 17.2 Å². The van der Waals surface area contributed by atoms with Gasteiger partial charge < -0.3 is 21.5 Å². The highest BCUT2D eigenvalue weighted by molar-refractivity contribution is 5.72. The summed E-state index contributed by atoms with van der Waals surface area (Å²) in [4.78, 5) is 0. The standard InChI is InChI=1S/C23H28FN5O/c1-16(18-7-5-4-6-8-18)26-14-23(3,30)15-27-17(2)21-13-28-29(22(21)25)20-11-9-19(24)10-12-20/h4-13,21-22,26-27,30H,1-2,14-15,25H2,3H3. The third-order valence-corrected chi connectivity index (χ3v) is 5.00. The van der Waals surface area contributed by atoms with Crippen molar-refractivity contribution in [3.8, 4) is 0 Å². The van der Waals surface area contributed by atoms with Crippen LogP contribution in [0.1, 0.15) is 12.5 Å². The first kappa shape index (κ1) is 21.5. The number of halogens is 1. The molecule has 1 heterocycles. The van der Waals surface area contributed by atoms with Crippen LogP contribution in [0.25, 0.3) is 5.70 Å². The minimum Gasteiger partial charge on any atom is -0.386 e. The van der Waals surface area contributed by atoms with Crippen molar-refractivity contribution in [3.05, 3.63) is 84.8 Å². The monoisotopic (exact) mass is 409 g/mol. The molecule has 30 heavy (non-hydrogen) atoms. The van der Waals surface area contributed by atoms with Gasteiger partial charge in [-0.1, -0.05) is 43.5 Å². The van der Waals surface area contributed by atoms with Crippen LogP contribution in [-0.2, 0) is 0 Å². The molecule has 0 spiro atoms. The van der Waals surface area contributed by atoms with E-state index in [0.717, 1.165) is 11.3 Å². The molecule has 3 unspecified atom stereocenters. The highest BCUT2D eigenvalue weighted by Crippen LogP contribution is 2.25. The van der Waals surface area contributed by atoms with E-state index in [-0.39, 0.29) is 18.3 Å². The third kappa shape index (κ3) is 5.25. The van der Waals surface area contributed by atoms with Gasteiger partial charge in [0, 0.05) is 30.7 Å². The van der Waals surface area contributed by atoms with Crippen molar-refractivity contribution in [3.63, 3.8) is 0 Å². The molecule has 2 aromatic carbocycles. The molecule has 0 amide bonds. The number of benzene rings is 2. The Hall–Kier alpha value is -3.16. The molecule has 0 aromatic heterocycles. The Morgan fingerprint density at radius 1 is 1.13 bits per heavy atom. The number of hydrogen-bond donors (Lipinski definition) is 4. The molecule has 6 nitrogen and oxygen atoms in total. The zero-order valence-electron chi connectivity index (χ0n) is 17.1. The number of hydrogen-bond acceptors (Lipinski definition) is 6. The lowest BCUT2D eigenvalue weighted by molar-refractivity contribution is 0.0656. The van der Waals surface area contributed by atoms with Gasteiger partial charge >= 0.3 is 0 Å². The van der Waals surface area contributed by atoms with Crippen LogP contribution < -0.4 is 21.4 Å². The van der Waals surface area contributed by atoms with Crippen molar-refractivity contribution >= 4 is 17.6 Å². The normalized spacial score (nSPS) is 19.9. The molecule has 3 rings (SSSR count). The van der Waals surface area contributed by atoms with Gasteiger partial charge in [0.2, 0.25) is 0 Å². The maximum Gasteiger partial charge on any atom is 0.123 e. The molecular weight excluding hydrogens is 381 g/mol. The number of hydrazone groups is 1. The molecule has 0 saturated heterocycles. The number of nitrogens with two attached hydrogens (primary N) is 1. The fourth-order valence-electron chi connectivity index (χ4n) is 3.11. The minimum atomic E-state index is -1.04. The van der Waals surface area contributed by atoms with Crippen molar-refractivity contribution in [2.45, 2.75) is 18.7 Å². The predicted molar refractivity (Wildman–Crippen MR) is 120 cm³/mol. The van der Waals surface area contributed by atoms with E-state index in [4.69, 9.17) is 5.73 Å². The molecule has 0 bridgehead atoms. The number of nitrogens with zero attached hydrogens (tertiary/aromatic N) is 2. The summed E-state index contributed by atoms with van der Waals surface area (Å²) in [6.45, 7) is 10.4. The van der Waals surface area contributed by atoms with Crippen molar-refractivity contribution < 1.29 is 9.50 Å². The molecule has 158 valence electrons. The molecule has 3 atom stereocenters. The van der Waals surface area contributed by atoms with Gasteiger partial charge in [-0.05, 0) is 36.8 Å². The van der Waals surface area contributed by atoms with E-state index in [2.05, 4.69) is 28.9 Å². The van der Waals surface area contributed by atoms with E-state index >= 15 is 0 Å². The summed E-state index contributed by atoms with van der Waals surface area (Å²) < 4.78 is 13.2. The summed E-state index contributed by atoms with van der Waals surface area (Å²) in [5.41, 5.74) is 8.34. The summed E-state index contributed by atoms with van der Waals surface area (Å²) in [6, 6.07) is 15.7. The minimum absolute atomic E-state index is 0.252. The summed E-state index contributed by atoms with van der Waals surface area (Å²) in [7, 11) is 0. The molecule has 0 saturated carbocycles. The van der Waals surface area contributed by atoms with E-state index in [1.54, 1.807) is 30.3 Å². The Balaban J connectivity index is 1.50. The smallest absolute Gasteiger partial charge is 0.123 e. The topological polar surface area (TPSA) is 85.9 Å². The van der Waals surface area contributed by atoms with E-state index < -0.39 is 11.8 Å². The van der Waals surface area contributed by atoms with Crippen LogP contribution in [0.4, 0.5) is 10.1 Å². The SMILES string of the molecule is C=C(NCC(C)(O)CNC(=C)C1C=NN(c2ccc(F)cc2)C1N)c1ccccc1. The lowest BCUT2D eigenvalue weighted by atomic mass is 10.0. The Bertz CT molecular complexity index is 911. The molecule has 1 aliphatic heterocycles. The molecule has 0 aliphatic carbocycles. The molecule has 0 radical (unpaired) electrons. The van der Waals surface area contributed by atoms with E-state index in [0.29, 0.717) is 17.9 Å². The van der Waals surface area contributed by atoms with Crippen LogP contribution in [-0.4, -0.2) is 36.2 Å². The van der Waals surface area contributed by atoms with E-state index in [9.17, 15) is 9.50 Å². The number of nitrogens with one attached hydrogen (secondary N) is 2. The van der Waals surface area contributed by atoms with Crippen molar-refractivity contribution in [2.75, 3.05) is 18.1 Å². The van der Waals surface area contributed by atoms with Gasteiger partial charge in [-0.3, -0.25) is 0 Å². The second kappa shape index (κ2) is 9.11. The van der Waals surface area contributed by atoms with E-state index in [1.807, 2.05) is 30.3 Å². The summed E-state index contributed by atoms with van der Waals surface area (Å²) in [6.07, 6.45) is 1.23. The average molecular weight is 410 g/mol. The zero-order chi connectivity index (χ0) is 21.7. The van der Waals surface area contributed by atoms with Crippen LogP contribution in [0.3, 0.4) is 0 Å².